The molecular weight excluding hydrogens is 655 g/mol. The van der Waals surface area contributed by atoms with Crippen LogP contribution in [-0.2, 0) is 36.8 Å². The predicted octanol–water partition coefficient (Wildman–Crippen LogP) is 4.04. The predicted molar refractivity (Wildman–Crippen MR) is 194 cm³/mol. The molecule has 2 fully saturated rings. The first-order chi connectivity index (χ1) is 24.2. The van der Waals surface area contributed by atoms with Crippen LogP contribution in [0.4, 0.5) is 0 Å². The Morgan fingerprint density at radius 1 is 1.00 bits per heavy atom. The second-order valence-corrected chi connectivity index (χ2v) is 14.8. The molecule has 2 aliphatic rings. The summed E-state index contributed by atoms with van der Waals surface area (Å²) in [7, 11) is 0. The number of aromatic nitrogens is 1. The fourth-order valence-corrected chi connectivity index (χ4v) is 7.50. The van der Waals surface area contributed by atoms with E-state index in [1.165, 1.54) is 17.8 Å². The number of aliphatic hydroxyl groups is 1. The van der Waals surface area contributed by atoms with Gasteiger partial charge in [0.25, 0.3) is 0 Å². The zero-order valence-electron chi connectivity index (χ0n) is 29.8. The van der Waals surface area contributed by atoms with E-state index >= 15 is 0 Å². The smallest absolute Gasteiger partial charge is 0.243 e. The lowest BCUT2D eigenvalue weighted by Crippen LogP contribution is -2.55. The number of nitrogens with one attached hydrogen (secondary N) is 3. The SMILES string of the molecule is CCCCNC(=O)[C@H](C)C[C@H](O)[C@H](CC1CCCCC1)NC(=O)[C@H](Cc1cscn1)NC(=O)C(CC(=O)N1CCOCC1)Cc1ccccc1. The van der Waals surface area contributed by atoms with Crippen molar-refractivity contribution in [2.45, 2.75) is 109 Å². The Bertz CT molecular complexity index is 1320. The van der Waals surface area contributed by atoms with Crippen LogP contribution in [0.3, 0.4) is 0 Å². The minimum absolute atomic E-state index is 0.00694. The van der Waals surface area contributed by atoms with Crippen LogP contribution in [-0.4, -0.2) is 89.7 Å². The van der Waals surface area contributed by atoms with Gasteiger partial charge in [0.1, 0.15) is 6.04 Å². The first kappa shape index (κ1) is 39.4. The van der Waals surface area contributed by atoms with Crippen LogP contribution in [0.25, 0.3) is 0 Å². The number of amides is 4. The molecule has 1 aliphatic carbocycles. The summed E-state index contributed by atoms with van der Waals surface area (Å²) in [6.45, 7) is 6.37. The lowest BCUT2D eigenvalue weighted by Gasteiger charge is -2.32. The number of nitrogens with zero attached hydrogens (tertiary/aromatic N) is 2. The average molecular weight is 712 g/mol. The molecule has 4 rings (SSSR count). The summed E-state index contributed by atoms with van der Waals surface area (Å²) in [6, 6.07) is 8.01. The molecule has 1 saturated carbocycles. The van der Waals surface area contributed by atoms with E-state index < -0.39 is 35.9 Å². The van der Waals surface area contributed by atoms with E-state index in [9.17, 15) is 24.3 Å². The topological polar surface area (TPSA) is 150 Å². The number of benzene rings is 1. The second-order valence-electron chi connectivity index (χ2n) is 14.0. The van der Waals surface area contributed by atoms with Gasteiger partial charge in [-0.25, -0.2) is 4.98 Å². The van der Waals surface area contributed by atoms with Crippen LogP contribution in [0.1, 0.15) is 89.3 Å². The highest BCUT2D eigenvalue weighted by molar-refractivity contribution is 7.07. The number of morpholine rings is 1. The van der Waals surface area contributed by atoms with Gasteiger partial charge in [0, 0.05) is 43.8 Å². The number of hydrogen-bond donors (Lipinski definition) is 4. The summed E-state index contributed by atoms with van der Waals surface area (Å²) in [5.74, 6) is -1.80. The van der Waals surface area contributed by atoms with E-state index in [1.54, 1.807) is 17.3 Å². The first-order valence-electron chi connectivity index (χ1n) is 18.6. The van der Waals surface area contributed by atoms with Crippen LogP contribution >= 0.6 is 11.3 Å². The number of unbranched alkanes of at least 4 members (excludes halogenated alkanes) is 1. The van der Waals surface area contributed by atoms with Crippen molar-refractivity contribution in [2.75, 3.05) is 32.8 Å². The molecule has 1 unspecified atom stereocenters. The van der Waals surface area contributed by atoms with Gasteiger partial charge in [-0.05, 0) is 37.2 Å². The first-order valence-corrected chi connectivity index (χ1v) is 19.5. The third-order valence-corrected chi connectivity index (χ3v) is 10.6. The van der Waals surface area contributed by atoms with E-state index in [0.29, 0.717) is 57.3 Å². The number of ether oxygens (including phenoxy) is 1. The minimum Gasteiger partial charge on any atom is -0.391 e. The van der Waals surface area contributed by atoms with Gasteiger partial charge >= 0.3 is 0 Å². The monoisotopic (exact) mass is 711 g/mol. The molecule has 1 aromatic carbocycles. The van der Waals surface area contributed by atoms with Gasteiger partial charge in [-0.15, -0.1) is 11.3 Å². The van der Waals surface area contributed by atoms with Crippen molar-refractivity contribution in [3.05, 3.63) is 52.5 Å². The van der Waals surface area contributed by atoms with Crippen LogP contribution in [0, 0.1) is 17.8 Å². The maximum Gasteiger partial charge on any atom is 0.243 e. The molecule has 2 heterocycles. The fourth-order valence-electron chi connectivity index (χ4n) is 6.93. The second kappa shape index (κ2) is 21.1. The van der Waals surface area contributed by atoms with Gasteiger partial charge in [-0.2, -0.15) is 0 Å². The Labute approximate surface area is 301 Å². The molecule has 276 valence electrons. The normalized spacial score (nSPS) is 18.3. The molecule has 1 aliphatic heterocycles. The Kier molecular flexibility index (Phi) is 16.7. The number of carbonyl (C=O) groups excluding carboxylic acids is 4. The summed E-state index contributed by atoms with van der Waals surface area (Å²) in [4.78, 5) is 60.5. The fraction of sp³-hybridized carbons (Fsp3) is 0.658. The maximum atomic E-state index is 14.2. The zero-order valence-corrected chi connectivity index (χ0v) is 30.6. The van der Waals surface area contributed by atoms with Gasteiger partial charge < -0.3 is 30.7 Å². The van der Waals surface area contributed by atoms with Crippen molar-refractivity contribution >= 4 is 35.0 Å². The minimum atomic E-state index is -0.975. The maximum absolute atomic E-state index is 14.2. The van der Waals surface area contributed by atoms with Gasteiger partial charge in [-0.1, -0.05) is 82.7 Å². The standard InChI is InChI=1S/C38H57N5O6S/c1-3-4-15-39-36(46)27(2)20-34(44)32(22-29-13-9-6-10-14-29)41-38(48)33(24-31-25-50-26-40-31)42-37(47)30(21-28-11-7-5-8-12-28)23-35(45)43-16-18-49-19-17-43/h5,7-8,11-12,25-27,29-30,32-34,44H,3-4,6,9-10,13-24H2,1-2H3,(H,39,46)(H,41,48)(H,42,47)/t27-,30?,32+,33+,34+/m1/s1. The van der Waals surface area contributed by atoms with Crippen LogP contribution in [0.5, 0.6) is 0 Å². The summed E-state index contributed by atoms with van der Waals surface area (Å²) >= 11 is 1.41. The van der Waals surface area contributed by atoms with Crippen molar-refractivity contribution in [1.29, 1.82) is 0 Å². The quantitative estimate of drug-likeness (QED) is 0.161. The van der Waals surface area contributed by atoms with Gasteiger partial charge in [0.05, 0.1) is 42.5 Å². The van der Waals surface area contributed by atoms with E-state index in [-0.39, 0.29) is 37.0 Å². The van der Waals surface area contributed by atoms with E-state index in [0.717, 1.165) is 44.1 Å². The van der Waals surface area contributed by atoms with Crippen molar-refractivity contribution in [3.8, 4) is 0 Å². The highest BCUT2D eigenvalue weighted by atomic mass is 32.1. The summed E-state index contributed by atoms with van der Waals surface area (Å²) in [6.07, 6.45) is 7.72. The van der Waals surface area contributed by atoms with E-state index in [2.05, 4.69) is 27.9 Å². The molecule has 0 bridgehead atoms. The van der Waals surface area contributed by atoms with Crippen LogP contribution < -0.4 is 16.0 Å². The number of carbonyl (C=O) groups is 4. The molecule has 1 aromatic heterocycles. The lowest BCUT2D eigenvalue weighted by molar-refractivity contribution is -0.140. The lowest BCUT2D eigenvalue weighted by atomic mass is 9.82. The molecule has 0 radical (unpaired) electrons. The molecule has 11 nitrogen and oxygen atoms in total. The van der Waals surface area contributed by atoms with Crippen LogP contribution in [0.15, 0.2) is 41.2 Å². The molecule has 4 N–H and O–H groups in total. The largest absolute Gasteiger partial charge is 0.391 e. The Morgan fingerprint density at radius 3 is 2.42 bits per heavy atom. The molecular formula is C38H57N5O6S. The van der Waals surface area contributed by atoms with E-state index in [1.807, 2.05) is 35.7 Å². The number of aliphatic hydroxyl groups excluding tert-OH is 1. The van der Waals surface area contributed by atoms with Gasteiger partial charge in [0.2, 0.25) is 23.6 Å². The summed E-state index contributed by atoms with van der Waals surface area (Å²) in [5, 5.41) is 22.4. The van der Waals surface area contributed by atoms with Crippen molar-refractivity contribution in [2.24, 2.45) is 17.8 Å². The van der Waals surface area contributed by atoms with Gasteiger partial charge in [0.15, 0.2) is 0 Å². The molecule has 4 amide bonds. The van der Waals surface area contributed by atoms with Crippen LogP contribution in [0.2, 0.25) is 0 Å². The van der Waals surface area contributed by atoms with Crippen molar-refractivity contribution in [3.63, 3.8) is 0 Å². The number of hydrogen-bond acceptors (Lipinski definition) is 8. The highest BCUT2D eigenvalue weighted by Crippen LogP contribution is 2.29. The Balaban J connectivity index is 1.51. The molecule has 12 heteroatoms. The number of rotatable bonds is 19. The Morgan fingerprint density at radius 2 is 1.74 bits per heavy atom. The van der Waals surface area contributed by atoms with Gasteiger partial charge in [-0.3, -0.25) is 19.2 Å². The van der Waals surface area contributed by atoms with Crippen molar-refractivity contribution in [1.82, 2.24) is 25.8 Å². The molecule has 2 aromatic rings. The van der Waals surface area contributed by atoms with E-state index in [4.69, 9.17) is 4.74 Å². The summed E-state index contributed by atoms with van der Waals surface area (Å²) < 4.78 is 5.42. The zero-order chi connectivity index (χ0) is 35.7. The molecule has 0 spiro atoms. The summed E-state index contributed by atoms with van der Waals surface area (Å²) in [5.41, 5.74) is 3.28. The highest BCUT2D eigenvalue weighted by Gasteiger charge is 2.34. The molecule has 1 saturated heterocycles. The van der Waals surface area contributed by atoms with Crippen molar-refractivity contribution < 1.29 is 29.0 Å². The third-order valence-electron chi connectivity index (χ3n) is 9.99. The molecule has 5 atom stereocenters. The Hall–Kier alpha value is -3.35. The average Bonchev–Trinajstić information content (AvgIpc) is 3.65. The third kappa shape index (κ3) is 13.1. The molecule has 50 heavy (non-hydrogen) atoms. The number of thiazole rings is 1.